The van der Waals surface area contributed by atoms with Crippen molar-refractivity contribution in [3.05, 3.63) is 89.4 Å². The predicted octanol–water partition coefficient (Wildman–Crippen LogP) is 3.87. The zero-order valence-electron chi connectivity index (χ0n) is 15.1. The Labute approximate surface area is 161 Å². The van der Waals surface area contributed by atoms with Gasteiger partial charge in [0.25, 0.3) is 5.91 Å². The van der Waals surface area contributed by atoms with Gasteiger partial charge in [0, 0.05) is 29.6 Å². The molecule has 7 heteroatoms. The van der Waals surface area contributed by atoms with Crippen LogP contribution in [0.4, 0.5) is 15.9 Å². The second-order valence-corrected chi connectivity index (χ2v) is 5.90. The van der Waals surface area contributed by atoms with E-state index >= 15 is 0 Å². The number of carbonyl (C=O) groups is 2. The summed E-state index contributed by atoms with van der Waals surface area (Å²) in [5.74, 6) is -0.716. The van der Waals surface area contributed by atoms with E-state index in [0.29, 0.717) is 28.2 Å². The summed E-state index contributed by atoms with van der Waals surface area (Å²) < 4.78 is 18.4. The van der Waals surface area contributed by atoms with Gasteiger partial charge in [-0.2, -0.15) is 0 Å². The first kappa shape index (κ1) is 19.0. The molecule has 0 bridgehead atoms. The van der Waals surface area contributed by atoms with Crippen molar-refractivity contribution in [3.63, 3.8) is 0 Å². The van der Waals surface area contributed by atoms with E-state index in [0.717, 1.165) is 0 Å². The SMILES string of the molecule is COC(=O)c1cccc(NC(=O)c2ccnc(NCc3ccccc3F)c2)c1. The molecule has 0 fully saturated rings. The van der Waals surface area contributed by atoms with E-state index in [1.807, 2.05) is 0 Å². The molecule has 0 spiro atoms. The highest BCUT2D eigenvalue weighted by atomic mass is 19.1. The molecular formula is C21H18FN3O3. The molecule has 142 valence electrons. The summed E-state index contributed by atoms with van der Waals surface area (Å²) in [7, 11) is 1.29. The van der Waals surface area contributed by atoms with Crippen LogP contribution in [0.3, 0.4) is 0 Å². The summed E-state index contributed by atoms with van der Waals surface area (Å²) in [6.07, 6.45) is 1.49. The van der Waals surface area contributed by atoms with E-state index < -0.39 is 5.97 Å². The van der Waals surface area contributed by atoms with Crippen molar-refractivity contribution in [3.8, 4) is 0 Å². The van der Waals surface area contributed by atoms with Gasteiger partial charge in [0.15, 0.2) is 0 Å². The van der Waals surface area contributed by atoms with E-state index in [4.69, 9.17) is 0 Å². The van der Waals surface area contributed by atoms with Crippen LogP contribution in [0, 0.1) is 5.82 Å². The van der Waals surface area contributed by atoms with Crippen molar-refractivity contribution in [2.24, 2.45) is 0 Å². The third-order valence-corrected chi connectivity index (χ3v) is 3.98. The Bertz CT molecular complexity index is 1010. The Morgan fingerprint density at radius 1 is 1.04 bits per heavy atom. The number of halogens is 1. The Morgan fingerprint density at radius 3 is 2.64 bits per heavy atom. The van der Waals surface area contributed by atoms with E-state index in [1.54, 1.807) is 48.5 Å². The highest BCUT2D eigenvalue weighted by molar-refractivity contribution is 6.05. The molecule has 1 heterocycles. The molecule has 0 unspecified atom stereocenters. The van der Waals surface area contributed by atoms with Gasteiger partial charge in [0.1, 0.15) is 11.6 Å². The maximum atomic E-state index is 13.7. The minimum Gasteiger partial charge on any atom is -0.465 e. The van der Waals surface area contributed by atoms with Crippen LogP contribution in [0.2, 0.25) is 0 Å². The van der Waals surface area contributed by atoms with Gasteiger partial charge in [0.05, 0.1) is 12.7 Å². The number of amides is 1. The molecule has 2 N–H and O–H groups in total. The molecular weight excluding hydrogens is 361 g/mol. The van der Waals surface area contributed by atoms with Crippen molar-refractivity contribution in [2.75, 3.05) is 17.7 Å². The molecule has 0 radical (unpaired) electrons. The second-order valence-electron chi connectivity index (χ2n) is 5.90. The van der Waals surface area contributed by atoms with Gasteiger partial charge in [-0.25, -0.2) is 14.2 Å². The molecule has 2 aromatic carbocycles. The number of hydrogen-bond acceptors (Lipinski definition) is 5. The predicted molar refractivity (Wildman–Crippen MR) is 104 cm³/mol. The number of aromatic nitrogens is 1. The smallest absolute Gasteiger partial charge is 0.337 e. The van der Waals surface area contributed by atoms with E-state index in [2.05, 4.69) is 20.4 Å². The molecule has 0 aliphatic carbocycles. The third-order valence-electron chi connectivity index (χ3n) is 3.98. The maximum absolute atomic E-state index is 13.7. The number of pyridine rings is 1. The Hall–Kier alpha value is -3.74. The van der Waals surface area contributed by atoms with Gasteiger partial charge >= 0.3 is 5.97 Å². The van der Waals surface area contributed by atoms with Crippen molar-refractivity contribution in [1.29, 1.82) is 0 Å². The zero-order valence-corrected chi connectivity index (χ0v) is 15.1. The van der Waals surface area contributed by atoms with Crippen LogP contribution >= 0.6 is 0 Å². The molecule has 0 aliphatic heterocycles. The lowest BCUT2D eigenvalue weighted by Crippen LogP contribution is -2.13. The van der Waals surface area contributed by atoms with Crippen molar-refractivity contribution < 1.29 is 18.7 Å². The van der Waals surface area contributed by atoms with Crippen molar-refractivity contribution >= 4 is 23.4 Å². The number of benzene rings is 2. The fraction of sp³-hybridized carbons (Fsp3) is 0.0952. The van der Waals surface area contributed by atoms with Gasteiger partial charge in [-0.1, -0.05) is 24.3 Å². The highest BCUT2D eigenvalue weighted by Gasteiger charge is 2.10. The van der Waals surface area contributed by atoms with Crippen LogP contribution in [-0.4, -0.2) is 24.0 Å². The molecule has 1 aromatic heterocycles. The first-order chi connectivity index (χ1) is 13.6. The summed E-state index contributed by atoms with van der Waals surface area (Å²) in [5.41, 5.74) is 1.67. The molecule has 3 rings (SSSR count). The lowest BCUT2D eigenvalue weighted by atomic mass is 10.2. The number of nitrogens with one attached hydrogen (secondary N) is 2. The summed E-state index contributed by atoms with van der Waals surface area (Å²) in [6.45, 7) is 0.242. The average Bonchev–Trinajstić information content (AvgIpc) is 2.73. The minimum absolute atomic E-state index is 0.242. The van der Waals surface area contributed by atoms with E-state index in [1.165, 1.54) is 25.4 Å². The van der Waals surface area contributed by atoms with Crippen molar-refractivity contribution in [2.45, 2.75) is 6.54 Å². The maximum Gasteiger partial charge on any atom is 0.337 e. The summed E-state index contributed by atoms with van der Waals surface area (Å²) in [6, 6.07) is 16.0. The molecule has 0 saturated heterocycles. The average molecular weight is 379 g/mol. The van der Waals surface area contributed by atoms with Gasteiger partial charge in [0.2, 0.25) is 0 Å². The third kappa shape index (κ3) is 4.70. The van der Waals surface area contributed by atoms with E-state index in [9.17, 15) is 14.0 Å². The summed E-state index contributed by atoms with van der Waals surface area (Å²) >= 11 is 0. The fourth-order valence-electron chi connectivity index (χ4n) is 2.54. The summed E-state index contributed by atoms with van der Waals surface area (Å²) in [5, 5.41) is 5.73. The van der Waals surface area contributed by atoms with E-state index in [-0.39, 0.29) is 18.3 Å². The quantitative estimate of drug-likeness (QED) is 0.636. The first-order valence-electron chi connectivity index (χ1n) is 8.50. The van der Waals surface area contributed by atoms with Crippen LogP contribution in [0.1, 0.15) is 26.3 Å². The molecule has 28 heavy (non-hydrogen) atoms. The number of anilines is 2. The Kier molecular flexibility index (Phi) is 5.96. The number of rotatable bonds is 6. The van der Waals surface area contributed by atoms with Crippen LogP contribution in [0.25, 0.3) is 0 Å². The highest BCUT2D eigenvalue weighted by Crippen LogP contribution is 2.15. The fourth-order valence-corrected chi connectivity index (χ4v) is 2.54. The van der Waals surface area contributed by atoms with Crippen LogP contribution in [0.5, 0.6) is 0 Å². The number of methoxy groups -OCH3 is 1. The van der Waals surface area contributed by atoms with Gasteiger partial charge < -0.3 is 15.4 Å². The Balaban J connectivity index is 1.69. The minimum atomic E-state index is -0.486. The van der Waals surface area contributed by atoms with Crippen LogP contribution < -0.4 is 10.6 Å². The molecule has 3 aromatic rings. The van der Waals surface area contributed by atoms with Gasteiger partial charge in [-0.3, -0.25) is 4.79 Å². The Morgan fingerprint density at radius 2 is 1.86 bits per heavy atom. The molecule has 0 aliphatic rings. The van der Waals surface area contributed by atoms with Crippen molar-refractivity contribution in [1.82, 2.24) is 4.98 Å². The number of hydrogen-bond donors (Lipinski definition) is 2. The monoisotopic (exact) mass is 379 g/mol. The van der Waals surface area contributed by atoms with Gasteiger partial charge in [-0.15, -0.1) is 0 Å². The molecule has 1 amide bonds. The lowest BCUT2D eigenvalue weighted by Gasteiger charge is -2.09. The molecule has 0 atom stereocenters. The lowest BCUT2D eigenvalue weighted by molar-refractivity contribution is 0.0600. The number of carbonyl (C=O) groups excluding carboxylic acids is 2. The summed E-state index contributed by atoms with van der Waals surface area (Å²) in [4.78, 5) is 28.3. The van der Waals surface area contributed by atoms with Crippen LogP contribution in [-0.2, 0) is 11.3 Å². The standard InChI is InChI=1S/C21H18FN3O3/c1-28-21(27)15-6-4-7-17(11-15)25-20(26)14-9-10-23-19(12-14)24-13-16-5-2-3-8-18(16)22/h2-12H,13H2,1H3,(H,23,24)(H,25,26). The number of esters is 1. The zero-order chi connectivity index (χ0) is 19.9. The number of nitrogens with zero attached hydrogens (tertiary/aromatic N) is 1. The first-order valence-corrected chi connectivity index (χ1v) is 8.50. The topological polar surface area (TPSA) is 80.3 Å². The molecule has 6 nitrogen and oxygen atoms in total. The molecule has 0 saturated carbocycles. The second kappa shape index (κ2) is 8.77. The van der Waals surface area contributed by atoms with Gasteiger partial charge in [-0.05, 0) is 36.4 Å². The normalized spacial score (nSPS) is 10.2. The van der Waals surface area contributed by atoms with Crippen LogP contribution in [0.15, 0.2) is 66.9 Å². The largest absolute Gasteiger partial charge is 0.465 e. The number of ether oxygens (including phenoxy) is 1.